The number of benzene rings is 1. The number of anilines is 1. The Morgan fingerprint density at radius 2 is 1.91 bits per heavy atom. The van der Waals surface area contributed by atoms with Gasteiger partial charge in [0.05, 0.1) is 12.2 Å². The summed E-state index contributed by atoms with van der Waals surface area (Å²) in [4.78, 5) is 35.0. The first-order chi connectivity index (χ1) is 10.9. The molecule has 1 amide bonds. The molecule has 0 saturated carbocycles. The molecule has 0 aliphatic carbocycles. The molecule has 0 aliphatic heterocycles. The highest BCUT2D eigenvalue weighted by Crippen LogP contribution is 2.29. The number of carboxylic acid groups (broad SMARTS) is 1. The van der Waals surface area contributed by atoms with Crippen molar-refractivity contribution in [3.63, 3.8) is 0 Å². The molecule has 0 radical (unpaired) electrons. The van der Waals surface area contributed by atoms with Crippen LogP contribution in [0.25, 0.3) is 0 Å². The molecule has 0 saturated heterocycles. The highest BCUT2D eigenvalue weighted by molar-refractivity contribution is 7.18. The number of hydrogen-bond donors (Lipinski definition) is 2. The van der Waals surface area contributed by atoms with Gasteiger partial charge in [-0.15, -0.1) is 11.3 Å². The van der Waals surface area contributed by atoms with Gasteiger partial charge >= 0.3 is 11.9 Å². The Balaban J connectivity index is 2.27. The minimum Gasteiger partial charge on any atom is -0.478 e. The lowest BCUT2D eigenvalue weighted by Crippen LogP contribution is -2.13. The van der Waals surface area contributed by atoms with Gasteiger partial charge in [-0.25, -0.2) is 14.0 Å². The average molecular weight is 337 g/mol. The molecule has 0 bridgehead atoms. The third-order valence-corrected chi connectivity index (χ3v) is 3.80. The summed E-state index contributed by atoms with van der Waals surface area (Å²) in [6, 6.07) is 5.91. The van der Waals surface area contributed by atoms with Crippen LogP contribution in [-0.4, -0.2) is 29.6 Å². The lowest BCUT2D eigenvalue weighted by molar-refractivity contribution is 0.0532. The number of halogens is 1. The number of carboxylic acids is 1. The molecule has 0 unspecified atom stereocenters. The van der Waals surface area contributed by atoms with Gasteiger partial charge < -0.3 is 15.2 Å². The fraction of sp³-hybridized carbons (Fsp3) is 0.133. The molecule has 23 heavy (non-hydrogen) atoms. The predicted octanol–water partition coefficient (Wildman–Crippen LogP) is 3.01. The first kappa shape index (κ1) is 16.6. The Morgan fingerprint density at radius 3 is 2.48 bits per heavy atom. The molecule has 8 heteroatoms. The van der Waals surface area contributed by atoms with E-state index in [1.165, 1.54) is 12.1 Å². The van der Waals surface area contributed by atoms with Crippen LogP contribution in [-0.2, 0) is 4.74 Å². The van der Waals surface area contributed by atoms with Crippen LogP contribution in [0.3, 0.4) is 0 Å². The van der Waals surface area contributed by atoms with Crippen molar-refractivity contribution in [3.05, 3.63) is 52.2 Å². The van der Waals surface area contributed by atoms with Crippen LogP contribution in [0.15, 0.2) is 30.3 Å². The van der Waals surface area contributed by atoms with E-state index in [2.05, 4.69) is 5.32 Å². The Morgan fingerprint density at radius 1 is 1.26 bits per heavy atom. The lowest BCUT2D eigenvalue weighted by Gasteiger charge is -2.04. The third-order valence-electron chi connectivity index (χ3n) is 2.77. The highest BCUT2D eigenvalue weighted by Gasteiger charge is 2.21. The van der Waals surface area contributed by atoms with Crippen LogP contribution in [0.2, 0.25) is 0 Å². The molecule has 0 aliphatic rings. The van der Waals surface area contributed by atoms with Crippen LogP contribution in [0, 0.1) is 5.82 Å². The second-order valence-corrected chi connectivity index (χ2v) is 5.39. The second-order valence-electron chi connectivity index (χ2n) is 4.34. The average Bonchev–Trinajstić information content (AvgIpc) is 2.92. The fourth-order valence-electron chi connectivity index (χ4n) is 1.72. The SMILES string of the molecule is CCOC(=O)c1cc(C(=O)O)c(NC(=O)c2ccc(F)cc2)s1. The number of amides is 1. The van der Waals surface area contributed by atoms with Crippen molar-refractivity contribution in [1.82, 2.24) is 0 Å². The van der Waals surface area contributed by atoms with Crippen molar-refractivity contribution in [1.29, 1.82) is 0 Å². The molecular weight excluding hydrogens is 325 g/mol. The summed E-state index contributed by atoms with van der Waals surface area (Å²) in [5.41, 5.74) is -0.0534. The largest absolute Gasteiger partial charge is 0.478 e. The molecule has 2 rings (SSSR count). The summed E-state index contributed by atoms with van der Waals surface area (Å²) in [7, 11) is 0. The third kappa shape index (κ3) is 3.92. The summed E-state index contributed by atoms with van der Waals surface area (Å²) >= 11 is 0.801. The van der Waals surface area contributed by atoms with E-state index in [9.17, 15) is 18.8 Å². The molecule has 2 aromatic rings. The number of carbonyl (C=O) groups is 3. The van der Waals surface area contributed by atoms with E-state index in [0.29, 0.717) is 0 Å². The maximum absolute atomic E-state index is 12.9. The quantitative estimate of drug-likeness (QED) is 0.818. The van der Waals surface area contributed by atoms with Gasteiger partial charge in [-0.2, -0.15) is 0 Å². The Bertz CT molecular complexity index is 754. The number of carbonyl (C=O) groups excluding carboxylic acids is 2. The van der Waals surface area contributed by atoms with Gasteiger partial charge in [0.1, 0.15) is 15.7 Å². The maximum atomic E-state index is 12.9. The molecule has 1 aromatic carbocycles. The number of ether oxygens (including phenoxy) is 1. The first-order valence-electron chi connectivity index (χ1n) is 6.53. The van der Waals surface area contributed by atoms with Crippen LogP contribution in [0.5, 0.6) is 0 Å². The van der Waals surface area contributed by atoms with E-state index in [1.807, 2.05) is 0 Å². The topological polar surface area (TPSA) is 92.7 Å². The van der Waals surface area contributed by atoms with E-state index in [0.717, 1.165) is 29.5 Å². The summed E-state index contributed by atoms with van der Waals surface area (Å²) in [6.45, 7) is 1.78. The zero-order valence-corrected chi connectivity index (χ0v) is 12.8. The number of nitrogens with one attached hydrogen (secondary N) is 1. The maximum Gasteiger partial charge on any atom is 0.348 e. The number of hydrogen-bond acceptors (Lipinski definition) is 5. The van der Waals surface area contributed by atoms with Gasteiger partial charge in [0.25, 0.3) is 5.91 Å². The zero-order chi connectivity index (χ0) is 17.0. The number of aromatic carboxylic acids is 1. The van der Waals surface area contributed by atoms with E-state index in [1.54, 1.807) is 6.92 Å². The van der Waals surface area contributed by atoms with Gasteiger partial charge in [-0.3, -0.25) is 4.79 Å². The number of thiophene rings is 1. The number of esters is 1. The Kier molecular flexibility index (Phi) is 5.07. The Labute approximate surface area is 134 Å². The molecular formula is C15H12FNO5S. The van der Waals surface area contributed by atoms with Gasteiger partial charge in [0.15, 0.2) is 0 Å². The normalized spacial score (nSPS) is 10.2. The van der Waals surface area contributed by atoms with Gasteiger partial charge in [-0.1, -0.05) is 0 Å². The fourth-order valence-corrected chi connectivity index (χ4v) is 2.66. The van der Waals surface area contributed by atoms with Crippen molar-refractivity contribution < 1.29 is 28.6 Å². The number of rotatable bonds is 5. The molecule has 1 aromatic heterocycles. The highest BCUT2D eigenvalue weighted by atomic mass is 32.1. The second kappa shape index (κ2) is 7.01. The van der Waals surface area contributed by atoms with Gasteiger partial charge in [0, 0.05) is 5.56 Å². The smallest absolute Gasteiger partial charge is 0.348 e. The van der Waals surface area contributed by atoms with Gasteiger partial charge in [0.2, 0.25) is 0 Å². The minimum absolute atomic E-state index is 0.00915. The zero-order valence-electron chi connectivity index (χ0n) is 12.0. The summed E-state index contributed by atoms with van der Waals surface area (Å²) in [6.07, 6.45) is 0. The monoisotopic (exact) mass is 337 g/mol. The van der Waals surface area contributed by atoms with Crippen molar-refractivity contribution in [3.8, 4) is 0 Å². The lowest BCUT2D eigenvalue weighted by atomic mass is 10.2. The van der Waals surface area contributed by atoms with Crippen molar-refractivity contribution >= 4 is 34.2 Å². The van der Waals surface area contributed by atoms with E-state index < -0.39 is 23.7 Å². The summed E-state index contributed by atoms with van der Waals surface area (Å²) < 4.78 is 17.7. The Hall–Kier alpha value is -2.74. The van der Waals surface area contributed by atoms with Gasteiger partial charge in [-0.05, 0) is 37.3 Å². The molecule has 2 N–H and O–H groups in total. The summed E-state index contributed by atoms with van der Waals surface area (Å²) in [5, 5.41) is 11.6. The van der Waals surface area contributed by atoms with Crippen LogP contribution in [0.4, 0.5) is 9.39 Å². The first-order valence-corrected chi connectivity index (χ1v) is 7.35. The molecule has 0 spiro atoms. The van der Waals surface area contributed by atoms with Crippen LogP contribution < -0.4 is 5.32 Å². The van der Waals surface area contributed by atoms with Crippen molar-refractivity contribution in [2.75, 3.05) is 11.9 Å². The minimum atomic E-state index is -1.29. The van der Waals surface area contributed by atoms with Crippen molar-refractivity contribution in [2.24, 2.45) is 0 Å². The summed E-state index contributed by atoms with van der Waals surface area (Å²) in [5.74, 6) is -3.05. The van der Waals surface area contributed by atoms with E-state index >= 15 is 0 Å². The van der Waals surface area contributed by atoms with E-state index in [4.69, 9.17) is 9.84 Å². The van der Waals surface area contributed by atoms with Crippen molar-refractivity contribution in [2.45, 2.75) is 6.92 Å². The molecule has 1 heterocycles. The van der Waals surface area contributed by atoms with Crippen LogP contribution in [0.1, 0.15) is 37.3 Å². The standard InChI is InChI=1S/C15H12FNO5S/c1-2-22-15(21)11-7-10(14(19)20)13(23-11)17-12(18)8-3-5-9(16)6-4-8/h3-7H,2H2,1H3,(H,17,18)(H,19,20). The molecule has 0 atom stereocenters. The molecule has 120 valence electrons. The molecule has 6 nitrogen and oxygen atoms in total. The van der Waals surface area contributed by atoms with Crippen LogP contribution >= 0.6 is 11.3 Å². The van der Waals surface area contributed by atoms with E-state index in [-0.39, 0.29) is 27.6 Å². The predicted molar refractivity (Wildman–Crippen MR) is 81.6 cm³/mol. The molecule has 0 fully saturated rings.